The maximum Gasteiger partial charge on any atom is 0.254 e. The Morgan fingerprint density at radius 3 is 2.43 bits per heavy atom. The monoisotopic (exact) mass is 1030 g/mol. The Bertz CT molecular complexity index is 2710. The van der Waals surface area contributed by atoms with Crippen LogP contribution in [0.25, 0.3) is 21.7 Å². The lowest BCUT2D eigenvalue weighted by Crippen LogP contribution is -2.57. The van der Waals surface area contributed by atoms with Gasteiger partial charge in [-0.05, 0) is 111 Å². The van der Waals surface area contributed by atoms with E-state index in [4.69, 9.17) is 24.5 Å². The lowest BCUT2D eigenvalue weighted by molar-refractivity contribution is -0.141. The van der Waals surface area contributed by atoms with Crippen LogP contribution in [0.4, 0.5) is 11.5 Å². The zero-order valence-corrected chi connectivity index (χ0v) is 44.0. The Labute approximate surface area is 437 Å². The number of anilines is 2. The molecule has 74 heavy (non-hydrogen) atoms. The van der Waals surface area contributed by atoms with Crippen molar-refractivity contribution in [3.63, 3.8) is 0 Å². The molecule has 5 N–H and O–H groups in total. The van der Waals surface area contributed by atoms with E-state index < -0.39 is 18.1 Å². The van der Waals surface area contributed by atoms with Gasteiger partial charge in [-0.2, -0.15) is 0 Å². The molecule has 2 aromatic carbocycles. The molecule has 5 aliphatic rings. The van der Waals surface area contributed by atoms with Gasteiger partial charge in [-0.25, -0.2) is 4.98 Å². The average molecular weight is 1030 g/mol. The number of morpholine rings is 1. The molecule has 5 aromatic rings. The van der Waals surface area contributed by atoms with E-state index in [2.05, 4.69) is 40.4 Å². The van der Waals surface area contributed by atoms with Crippen molar-refractivity contribution in [2.75, 3.05) is 89.4 Å². The van der Waals surface area contributed by atoms with Crippen molar-refractivity contribution in [1.29, 1.82) is 0 Å². The largest absolute Gasteiger partial charge is 0.507 e. The smallest absolute Gasteiger partial charge is 0.254 e. The number of likely N-dealkylation sites (tertiary alicyclic amines) is 2. The number of aliphatic hydroxyl groups is 1. The third kappa shape index (κ3) is 11.4. The molecule has 10 rings (SSSR count). The highest BCUT2D eigenvalue weighted by Gasteiger charge is 2.47. The summed E-state index contributed by atoms with van der Waals surface area (Å²) in [7, 11) is 0. The molecule has 4 aliphatic heterocycles. The third-order valence-electron chi connectivity index (χ3n) is 16.4. The van der Waals surface area contributed by atoms with E-state index in [0.29, 0.717) is 53.4 Å². The quantitative estimate of drug-likeness (QED) is 0.0788. The standard InChI is InChI=1S/C55H72N10O8S/c1-35(2)49(53(69)65-32-40(66)27-45(65)52(68)58-36(3)38-9-11-39(12-10-38)50-37(4)57-34-74-50)47-29-48(61-73-47)71-25-21-62-17-13-54(14-18-62)30-41(31-54)70-24-22-63-23-26-72-55(33-63)15-19-64(20-16-55)44-28-43(59-60-51(44)56)42-7-5-6-8-46(42)67/h5-12,28-29,34-36,40-41,45,49,66-67H,13-27,30-33H2,1-4H3,(H2,56,60)(H,58,68)/t36-,40+,45-,49?/m0/s1. The number of thiazole rings is 1. The number of hydrogen-bond donors (Lipinski definition) is 4. The molecule has 3 aromatic heterocycles. The van der Waals surface area contributed by atoms with Gasteiger partial charge in [-0.1, -0.05) is 50.2 Å². The number of nitrogens with one attached hydrogen (secondary N) is 1. The molecule has 19 heteroatoms. The number of β-amino-alcohol motifs (C(OH)–C–C–N with tert-alkyl or cyclic N) is 1. The van der Waals surface area contributed by atoms with E-state index in [9.17, 15) is 19.8 Å². The molecule has 2 spiro atoms. The summed E-state index contributed by atoms with van der Waals surface area (Å²) in [6, 6.07) is 17.7. The van der Waals surface area contributed by atoms with Gasteiger partial charge in [0, 0.05) is 63.9 Å². The Morgan fingerprint density at radius 2 is 1.70 bits per heavy atom. The fraction of sp³-hybridized carbons (Fsp3) is 0.564. The number of hydrogen-bond acceptors (Lipinski definition) is 17. The summed E-state index contributed by atoms with van der Waals surface area (Å²) in [5.74, 6) is -0.201. The number of carbonyl (C=O) groups excluding carboxylic acids is 2. The number of nitrogens with two attached hydrogens (primary N) is 1. The highest BCUT2D eigenvalue weighted by atomic mass is 32.1. The predicted octanol–water partition coefficient (Wildman–Crippen LogP) is 6.44. The van der Waals surface area contributed by atoms with Crippen LogP contribution in [0.15, 0.2) is 70.7 Å². The lowest BCUT2D eigenvalue weighted by atomic mass is 9.61. The number of aromatic hydroxyl groups is 1. The first kappa shape index (κ1) is 51.8. The van der Waals surface area contributed by atoms with Crippen LogP contribution in [-0.4, -0.2) is 160 Å². The van der Waals surface area contributed by atoms with Gasteiger partial charge in [0.25, 0.3) is 5.88 Å². The number of aryl methyl sites for hydroxylation is 1. The fourth-order valence-electron chi connectivity index (χ4n) is 12.0. The number of ether oxygens (including phenoxy) is 3. The van der Waals surface area contributed by atoms with Crippen molar-refractivity contribution in [2.24, 2.45) is 11.3 Å². The fourth-order valence-corrected chi connectivity index (χ4v) is 12.8. The zero-order chi connectivity index (χ0) is 51.6. The topological polar surface area (TPSA) is 218 Å². The van der Waals surface area contributed by atoms with Crippen molar-refractivity contribution in [3.8, 4) is 33.3 Å². The molecule has 1 unspecified atom stereocenters. The van der Waals surface area contributed by atoms with Crippen LogP contribution in [0.1, 0.15) is 94.7 Å². The highest BCUT2D eigenvalue weighted by molar-refractivity contribution is 7.13. The molecular formula is C55H72N10O8S. The normalized spacial score (nSPS) is 22.0. The minimum atomic E-state index is -0.820. The van der Waals surface area contributed by atoms with Crippen molar-refractivity contribution in [2.45, 2.75) is 108 Å². The Hall–Kier alpha value is -5.70. The van der Waals surface area contributed by atoms with E-state index >= 15 is 0 Å². The number of benzene rings is 2. The molecule has 7 heterocycles. The summed E-state index contributed by atoms with van der Waals surface area (Å²) in [4.78, 5) is 42.2. The van der Waals surface area contributed by atoms with Crippen LogP contribution < -0.4 is 20.7 Å². The van der Waals surface area contributed by atoms with Gasteiger partial charge in [0.2, 0.25) is 11.8 Å². The summed E-state index contributed by atoms with van der Waals surface area (Å²) in [6.45, 7) is 16.8. The van der Waals surface area contributed by atoms with Gasteiger partial charge in [-0.3, -0.25) is 19.4 Å². The maximum absolute atomic E-state index is 14.2. The summed E-state index contributed by atoms with van der Waals surface area (Å²) in [5, 5.41) is 36.9. The number of phenolic OH excluding ortho intramolecular Hbond substituents is 1. The van der Waals surface area contributed by atoms with Crippen molar-refractivity contribution >= 4 is 34.7 Å². The summed E-state index contributed by atoms with van der Waals surface area (Å²) in [5.41, 5.74) is 13.4. The zero-order valence-electron chi connectivity index (χ0n) is 43.2. The Balaban J connectivity index is 0.626. The first-order valence-corrected chi connectivity index (χ1v) is 27.4. The van der Waals surface area contributed by atoms with Gasteiger partial charge in [0.1, 0.15) is 24.3 Å². The molecule has 4 saturated heterocycles. The highest BCUT2D eigenvalue weighted by Crippen LogP contribution is 2.50. The predicted molar refractivity (Wildman–Crippen MR) is 282 cm³/mol. The first-order chi connectivity index (χ1) is 35.7. The van der Waals surface area contributed by atoms with Crippen LogP contribution >= 0.6 is 11.3 Å². The summed E-state index contributed by atoms with van der Waals surface area (Å²) >= 11 is 1.59. The SMILES string of the molecule is Cc1ncsc1-c1ccc([C@H](C)NC(=O)[C@@H]2C[C@@H](O)CN2C(=O)C(c2cc(OCCN3CCC4(CC3)CC(OCCN3CCOC5(CCN(c6cc(-c7ccccc7O)nnc6N)CC5)C3)C4)no2)C(C)C)cc1. The number of para-hydroxylation sites is 1. The van der Waals surface area contributed by atoms with E-state index in [1.807, 2.05) is 75.7 Å². The van der Waals surface area contributed by atoms with Crippen molar-refractivity contribution < 1.29 is 38.5 Å². The number of nitrogen functional groups attached to an aromatic ring is 1. The Morgan fingerprint density at radius 1 is 0.946 bits per heavy atom. The molecule has 2 amide bonds. The van der Waals surface area contributed by atoms with Gasteiger partial charge in [0.15, 0.2) is 11.6 Å². The maximum atomic E-state index is 14.2. The van der Waals surface area contributed by atoms with Crippen LogP contribution in [0.3, 0.4) is 0 Å². The molecule has 4 atom stereocenters. The molecule has 1 saturated carbocycles. The molecular weight excluding hydrogens is 961 g/mol. The summed E-state index contributed by atoms with van der Waals surface area (Å²) < 4.78 is 24.8. The third-order valence-corrected chi connectivity index (χ3v) is 17.3. The van der Waals surface area contributed by atoms with Crippen LogP contribution in [0, 0.1) is 18.3 Å². The molecule has 1 aliphatic carbocycles. The minimum absolute atomic E-state index is 0.0623. The molecule has 0 bridgehead atoms. The molecule has 5 fully saturated rings. The van der Waals surface area contributed by atoms with Crippen molar-refractivity contribution in [1.82, 2.24) is 40.4 Å². The van der Waals surface area contributed by atoms with Gasteiger partial charge in [0.05, 0.1) is 64.5 Å². The van der Waals surface area contributed by atoms with E-state index in [0.717, 1.165) is 125 Å². The first-order valence-electron chi connectivity index (χ1n) is 26.5. The van der Waals surface area contributed by atoms with Gasteiger partial charge in [-0.15, -0.1) is 21.5 Å². The summed E-state index contributed by atoms with van der Waals surface area (Å²) in [6.07, 6.45) is 5.93. The van der Waals surface area contributed by atoms with Crippen LogP contribution in [-0.2, 0) is 19.1 Å². The van der Waals surface area contributed by atoms with E-state index in [1.165, 1.54) is 4.90 Å². The lowest BCUT2D eigenvalue weighted by Gasteiger charge is -2.52. The molecule has 0 radical (unpaired) electrons. The van der Waals surface area contributed by atoms with Crippen molar-refractivity contribution in [3.05, 3.63) is 83.2 Å². The molecule has 396 valence electrons. The second-order valence-corrected chi connectivity index (χ2v) is 22.6. The molecule has 18 nitrogen and oxygen atoms in total. The number of amides is 2. The van der Waals surface area contributed by atoms with Crippen LogP contribution in [0.5, 0.6) is 11.6 Å². The van der Waals surface area contributed by atoms with E-state index in [1.54, 1.807) is 29.5 Å². The van der Waals surface area contributed by atoms with Crippen LogP contribution in [0.2, 0.25) is 0 Å². The second kappa shape index (κ2) is 22.3. The average Bonchev–Trinajstić information content (AvgIpc) is 4.14. The number of aliphatic hydroxyl groups excluding tert-OH is 1. The van der Waals surface area contributed by atoms with E-state index in [-0.39, 0.29) is 48.1 Å². The number of nitrogens with zero attached hydrogens (tertiary/aromatic N) is 8. The number of aromatic nitrogens is 4. The minimum Gasteiger partial charge on any atom is -0.507 e. The number of rotatable bonds is 17. The number of phenols is 1. The number of piperidine rings is 2. The van der Waals surface area contributed by atoms with Gasteiger partial charge < -0.3 is 49.8 Å². The van der Waals surface area contributed by atoms with Gasteiger partial charge >= 0.3 is 0 Å². The number of carbonyl (C=O) groups is 2. The Kier molecular flexibility index (Phi) is 15.6. The second-order valence-electron chi connectivity index (χ2n) is 21.7.